The summed E-state index contributed by atoms with van der Waals surface area (Å²) in [7, 11) is 0. The molecule has 0 aliphatic rings. The molecule has 0 atom stereocenters. The van der Waals surface area contributed by atoms with Crippen molar-refractivity contribution in [3.05, 3.63) is 301 Å². The highest BCUT2D eigenvalue weighted by molar-refractivity contribution is 6.12. The lowest BCUT2D eigenvalue weighted by atomic mass is 9.85. The minimum atomic E-state index is 1.02. The summed E-state index contributed by atoms with van der Waals surface area (Å²) in [5.41, 5.74) is 31.0. The standard InChI is InChI=1S/C87H80N2/c1-6-8-10-15-29-73-59-81(79-51-50-78(55-63(79)5)88(76-46-39-68(40-47-76)66-35-31-61(3)32-36-66)85-52-43-71(64-23-17-12-18-24-64)56-82(85)70-27-21-14-22-28-70)74(30-16-11-9-7-2)58-80(73)75-45-54-87-84(60-75)83-57-72(65-25-19-13-20-26-65)44-53-86(83)89(87)77-48-41-69(42-49-77)67-37-33-62(4)34-38-67/h12-14,17-28,31-60H,6-11,15-16,29-30H2,1-5H3. The number of aromatic nitrogens is 1. The topological polar surface area (TPSA) is 8.17 Å². The van der Waals surface area contributed by atoms with Crippen molar-refractivity contribution >= 4 is 38.9 Å². The molecule has 0 saturated carbocycles. The molecule has 89 heavy (non-hydrogen) atoms. The van der Waals surface area contributed by atoms with Crippen LogP contribution in [0.2, 0.25) is 0 Å². The van der Waals surface area contributed by atoms with Crippen LogP contribution in [0.5, 0.6) is 0 Å². The summed E-state index contributed by atoms with van der Waals surface area (Å²) in [6.45, 7) is 11.3. The summed E-state index contributed by atoms with van der Waals surface area (Å²) < 4.78 is 2.48. The number of nitrogens with zero attached hydrogens (tertiary/aromatic N) is 2. The highest BCUT2D eigenvalue weighted by atomic mass is 15.1. The maximum absolute atomic E-state index is 2.62. The first kappa shape index (κ1) is 58.3. The number of anilines is 3. The Kier molecular flexibility index (Phi) is 17.5. The number of benzene rings is 12. The molecule has 0 fully saturated rings. The predicted octanol–water partition coefficient (Wildman–Crippen LogP) is 25.1. The molecule has 1 aromatic heterocycles. The minimum Gasteiger partial charge on any atom is -0.310 e. The van der Waals surface area contributed by atoms with Gasteiger partial charge in [-0.15, -0.1) is 0 Å². The fraction of sp³-hybridized carbons (Fsp3) is 0.172. The van der Waals surface area contributed by atoms with Gasteiger partial charge in [0.15, 0.2) is 0 Å². The van der Waals surface area contributed by atoms with Gasteiger partial charge in [0, 0.05) is 33.4 Å². The van der Waals surface area contributed by atoms with Crippen molar-refractivity contribution in [2.75, 3.05) is 4.90 Å². The Bertz CT molecular complexity index is 4530. The summed E-state index contributed by atoms with van der Waals surface area (Å²) in [6.07, 6.45) is 11.7. The van der Waals surface area contributed by atoms with Crippen LogP contribution < -0.4 is 4.90 Å². The number of hydrogen-bond acceptors (Lipinski definition) is 1. The van der Waals surface area contributed by atoms with Crippen molar-refractivity contribution < 1.29 is 0 Å². The summed E-state index contributed by atoms with van der Waals surface area (Å²) in [5, 5.41) is 2.54. The number of rotatable bonds is 21. The molecule has 12 aromatic carbocycles. The maximum Gasteiger partial charge on any atom is 0.0541 e. The summed E-state index contributed by atoms with van der Waals surface area (Å²) >= 11 is 0. The Hall–Kier alpha value is -9.76. The zero-order valence-corrected chi connectivity index (χ0v) is 52.4. The Morgan fingerprint density at radius 3 is 1.26 bits per heavy atom. The van der Waals surface area contributed by atoms with Crippen molar-refractivity contribution in [2.45, 2.75) is 98.8 Å². The number of fused-ring (bicyclic) bond motifs is 3. The molecule has 0 unspecified atom stereocenters. The zero-order chi connectivity index (χ0) is 60.6. The van der Waals surface area contributed by atoms with E-state index in [9.17, 15) is 0 Å². The molecule has 0 aliphatic heterocycles. The van der Waals surface area contributed by atoms with Crippen molar-refractivity contribution in [2.24, 2.45) is 0 Å². The van der Waals surface area contributed by atoms with Crippen molar-refractivity contribution in [1.82, 2.24) is 4.57 Å². The van der Waals surface area contributed by atoms with Crippen LogP contribution in [-0.2, 0) is 12.8 Å². The summed E-state index contributed by atoms with van der Waals surface area (Å²) in [6, 6.07) is 103. The average molecular weight is 1150 g/mol. The van der Waals surface area contributed by atoms with Gasteiger partial charge in [0.1, 0.15) is 0 Å². The van der Waals surface area contributed by atoms with Crippen LogP contribution >= 0.6 is 0 Å². The molecular formula is C87H80N2. The van der Waals surface area contributed by atoms with Gasteiger partial charge in [0.2, 0.25) is 0 Å². The third-order valence-corrected chi connectivity index (χ3v) is 18.3. The summed E-state index contributed by atoms with van der Waals surface area (Å²) in [4.78, 5) is 2.48. The highest BCUT2D eigenvalue weighted by Gasteiger charge is 2.23. The van der Waals surface area contributed by atoms with E-state index in [0.717, 1.165) is 48.4 Å². The fourth-order valence-corrected chi connectivity index (χ4v) is 13.4. The van der Waals surface area contributed by atoms with Gasteiger partial charge >= 0.3 is 0 Å². The van der Waals surface area contributed by atoms with Gasteiger partial charge in [-0.25, -0.2) is 0 Å². The third kappa shape index (κ3) is 12.6. The van der Waals surface area contributed by atoms with Gasteiger partial charge in [0.25, 0.3) is 0 Å². The molecule has 0 aliphatic carbocycles. The van der Waals surface area contributed by atoms with Crippen molar-refractivity contribution in [3.8, 4) is 83.6 Å². The maximum atomic E-state index is 2.62. The molecule has 438 valence electrons. The second-order valence-electron chi connectivity index (χ2n) is 24.6. The quantitative estimate of drug-likeness (QED) is 0.0651. The van der Waals surface area contributed by atoms with Crippen LogP contribution in [0.3, 0.4) is 0 Å². The molecule has 0 amide bonds. The molecule has 2 heteroatoms. The Morgan fingerprint density at radius 2 is 0.719 bits per heavy atom. The van der Waals surface area contributed by atoms with Gasteiger partial charge < -0.3 is 9.47 Å². The van der Waals surface area contributed by atoms with Crippen molar-refractivity contribution in [3.63, 3.8) is 0 Å². The molecule has 13 rings (SSSR count). The molecule has 0 radical (unpaired) electrons. The molecule has 2 nitrogen and oxygen atoms in total. The van der Waals surface area contributed by atoms with Crippen LogP contribution in [0.25, 0.3) is 105 Å². The SMILES string of the molecule is CCCCCCc1cc(-c2ccc(N(c3ccc(-c4ccc(C)cc4)cc3)c3ccc(-c4ccccc4)cc3-c3ccccc3)cc2C)c(CCCCCC)cc1-c1ccc2c(c1)c1cc(-c3ccccc3)ccc1n2-c1ccc(-c2ccc(C)cc2)cc1. The van der Waals surface area contributed by atoms with Crippen LogP contribution in [0.4, 0.5) is 17.1 Å². The monoisotopic (exact) mass is 1150 g/mol. The van der Waals surface area contributed by atoms with Crippen LogP contribution in [0.1, 0.15) is 93.0 Å². The zero-order valence-electron chi connectivity index (χ0n) is 52.4. The second-order valence-corrected chi connectivity index (χ2v) is 24.6. The smallest absolute Gasteiger partial charge is 0.0541 e. The second kappa shape index (κ2) is 26.7. The Morgan fingerprint density at radius 1 is 0.292 bits per heavy atom. The molecule has 0 N–H and O–H groups in total. The lowest BCUT2D eigenvalue weighted by Gasteiger charge is -2.29. The van der Waals surface area contributed by atoms with E-state index in [1.807, 2.05) is 0 Å². The first-order chi connectivity index (χ1) is 43.8. The molecule has 0 spiro atoms. The molecule has 0 saturated heterocycles. The van der Waals surface area contributed by atoms with Crippen LogP contribution in [0, 0.1) is 20.8 Å². The van der Waals surface area contributed by atoms with E-state index in [2.05, 4.69) is 317 Å². The first-order valence-electron chi connectivity index (χ1n) is 32.6. The Balaban J connectivity index is 0.953. The normalized spacial score (nSPS) is 11.4. The lowest BCUT2D eigenvalue weighted by Crippen LogP contribution is -2.12. The van der Waals surface area contributed by atoms with E-state index in [1.54, 1.807) is 0 Å². The van der Waals surface area contributed by atoms with Gasteiger partial charge in [-0.05, 0) is 208 Å². The predicted molar refractivity (Wildman–Crippen MR) is 383 cm³/mol. The summed E-state index contributed by atoms with van der Waals surface area (Å²) in [5.74, 6) is 0. The van der Waals surface area contributed by atoms with Gasteiger partial charge in [-0.3, -0.25) is 0 Å². The third-order valence-electron chi connectivity index (χ3n) is 18.3. The minimum absolute atomic E-state index is 1.02. The van der Waals surface area contributed by atoms with Gasteiger partial charge in [-0.1, -0.05) is 264 Å². The number of unbranched alkanes of at least 4 members (excludes halogenated alkanes) is 6. The van der Waals surface area contributed by atoms with Gasteiger partial charge in [0.05, 0.1) is 16.7 Å². The van der Waals surface area contributed by atoms with E-state index in [0.29, 0.717) is 0 Å². The highest BCUT2D eigenvalue weighted by Crippen LogP contribution is 2.46. The van der Waals surface area contributed by atoms with Gasteiger partial charge in [-0.2, -0.15) is 0 Å². The Labute approximate surface area is 528 Å². The van der Waals surface area contributed by atoms with E-state index in [1.165, 1.54) is 166 Å². The van der Waals surface area contributed by atoms with Crippen molar-refractivity contribution in [1.29, 1.82) is 0 Å². The fourth-order valence-electron chi connectivity index (χ4n) is 13.4. The average Bonchev–Trinajstić information content (AvgIpc) is 1.97. The first-order valence-corrected chi connectivity index (χ1v) is 32.6. The number of aryl methyl sites for hydroxylation is 5. The molecule has 1 heterocycles. The van der Waals surface area contributed by atoms with Crippen LogP contribution in [0.15, 0.2) is 273 Å². The van der Waals surface area contributed by atoms with E-state index in [4.69, 9.17) is 0 Å². The largest absolute Gasteiger partial charge is 0.310 e. The molecule has 0 bridgehead atoms. The lowest BCUT2D eigenvalue weighted by molar-refractivity contribution is 0.664. The van der Waals surface area contributed by atoms with E-state index in [-0.39, 0.29) is 0 Å². The molecule has 13 aromatic rings. The van der Waals surface area contributed by atoms with E-state index >= 15 is 0 Å². The number of hydrogen-bond donors (Lipinski definition) is 0. The van der Waals surface area contributed by atoms with Crippen LogP contribution in [-0.4, -0.2) is 4.57 Å². The van der Waals surface area contributed by atoms with E-state index < -0.39 is 0 Å². The molecular weight excluding hydrogens is 1070 g/mol.